The molecule has 0 aromatic carbocycles. The Kier molecular flexibility index (Phi) is 5.02. The SMILES string of the molecule is O=C(Cn1cnnn1)N1CCCCCC1CC(O)c1ccco1. The fourth-order valence-electron chi connectivity index (χ4n) is 3.09. The van der Waals surface area contributed by atoms with Crippen LogP contribution in [0, 0.1) is 0 Å². The Hall–Kier alpha value is -2.22. The Morgan fingerprint density at radius 1 is 1.43 bits per heavy atom. The molecule has 1 fully saturated rings. The number of aromatic nitrogens is 4. The minimum atomic E-state index is -0.698. The van der Waals surface area contributed by atoms with Crippen LogP contribution >= 0.6 is 0 Å². The van der Waals surface area contributed by atoms with E-state index in [9.17, 15) is 9.90 Å². The third-order valence-corrected chi connectivity index (χ3v) is 4.25. The molecular formula is C15H21N5O3. The molecule has 1 aliphatic rings. The summed E-state index contributed by atoms with van der Waals surface area (Å²) in [5.41, 5.74) is 0. The zero-order valence-electron chi connectivity index (χ0n) is 12.9. The monoisotopic (exact) mass is 319 g/mol. The van der Waals surface area contributed by atoms with Gasteiger partial charge in [-0.25, -0.2) is 4.68 Å². The molecule has 8 nitrogen and oxygen atoms in total. The van der Waals surface area contributed by atoms with Gasteiger partial charge in [0.05, 0.1) is 6.26 Å². The van der Waals surface area contributed by atoms with Gasteiger partial charge >= 0.3 is 0 Å². The van der Waals surface area contributed by atoms with Gasteiger partial charge in [-0.2, -0.15) is 0 Å². The molecule has 0 spiro atoms. The molecule has 0 radical (unpaired) electrons. The van der Waals surface area contributed by atoms with Gasteiger partial charge in [0.2, 0.25) is 5.91 Å². The normalized spacial score (nSPS) is 20.2. The summed E-state index contributed by atoms with van der Waals surface area (Å²) in [6.45, 7) is 0.830. The van der Waals surface area contributed by atoms with Crippen LogP contribution in [0.3, 0.4) is 0 Å². The second-order valence-electron chi connectivity index (χ2n) is 5.86. The fraction of sp³-hybridized carbons (Fsp3) is 0.600. The van der Waals surface area contributed by atoms with Crippen LogP contribution in [0.15, 0.2) is 29.1 Å². The molecule has 23 heavy (non-hydrogen) atoms. The van der Waals surface area contributed by atoms with Gasteiger partial charge < -0.3 is 14.4 Å². The lowest BCUT2D eigenvalue weighted by molar-refractivity contribution is -0.135. The standard InChI is InChI=1S/C15H21N5O3/c21-13(14-6-4-8-23-14)9-12-5-2-1-3-7-20(12)15(22)10-19-11-16-17-18-19/h4,6,8,11-13,21H,1-3,5,7,9-10H2. The number of nitrogens with zero attached hydrogens (tertiary/aromatic N) is 5. The van der Waals surface area contributed by atoms with Crippen LogP contribution in [0.4, 0.5) is 0 Å². The maximum absolute atomic E-state index is 12.6. The van der Waals surface area contributed by atoms with Crippen LogP contribution in [0.1, 0.15) is 44.0 Å². The second-order valence-corrected chi connectivity index (χ2v) is 5.86. The van der Waals surface area contributed by atoms with Gasteiger partial charge in [-0.05, 0) is 35.4 Å². The highest BCUT2D eigenvalue weighted by atomic mass is 16.4. The van der Waals surface area contributed by atoms with E-state index in [1.54, 1.807) is 18.4 Å². The summed E-state index contributed by atoms with van der Waals surface area (Å²) in [6, 6.07) is 3.52. The Labute approximate surface area is 134 Å². The molecule has 3 heterocycles. The van der Waals surface area contributed by atoms with Crippen molar-refractivity contribution in [2.24, 2.45) is 0 Å². The molecule has 1 aliphatic heterocycles. The maximum atomic E-state index is 12.6. The van der Waals surface area contributed by atoms with Crippen molar-refractivity contribution in [3.8, 4) is 0 Å². The summed E-state index contributed by atoms with van der Waals surface area (Å²) in [5.74, 6) is 0.526. The van der Waals surface area contributed by atoms with Crippen LogP contribution in [-0.4, -0.2) is 48.7 Å². The lowest BCUT2D eigenvalue weighted by atomic mass is 10.0. The lowest BCUT2D eigenvalue weighted by Crippen LogP contribution is -2.42. The number of carbonyl (C=O) groups excluding carboxylic acids is 1. The molecule has 1 N–H and O–H groups in total. The average molecular weight is 319 g/mol. The molecule has 0 aliphatic carbocycles. The van der Waals surface area contributed by atoms with Crippen molar-refractivity contribution >= 4 is 5.91 Å². The number of furan rings is 1. The van der Waals surface area contributed by atoms with Crippen LogP contribution in [-0.2, 0) is 11.3 Å². The largest absolute Gasteiger partial charge is 0.467 e. The van der Waals surface area contributed by atoms with Crippen LogP contribution < -0.4 is 0 Å². The number of carbonyl (C=O) groups is 1. The van der Waals surface area contributed by atoms with Crippen LogP contribution in [0.5, 0.6) is 0 Å². The second kappa shape index (κ2) is 7.36. The minimum absolute atomic E-state index is 0.00146. The molecule has 8 heteroatoms. The van der Waals surface area contributed by atoms with Crippen molar-refractivity contribution in [1.82, 2.24) is 25.1 Å². The highest BCUT2D eigenvalue weighted by Crippen LogP contribution is 2.26. The van der Waals surface area contributed by atoms with Crippen LogP contribution in [0.25, 0.3) is 0 Å². The van der Waals surface area contributed by atoms with Crippen molar-refractivity contribution in [2.45, 2.75) is 50.8 Å². The molecule has 124 valence electrons. The van der Waals surface area contributed by atoms with Gasteiger partial charge in [-0.3, -0.25) is 4.79 Å². The molecule has 2 atom stereocenters. The number of rotatable bonds is 5. The zero-order chi connectivity index (χ0) is 16.1. The molecule has 1 amide bonds. The molecular weight excluding hydrogens is 298 g/mol. The maximum Gasteiger partial charge on any atom is 0.244 e. The predicted octanol–water partition coefficient (Wildman–Crippen LogP) is 1.16. The van der Waals surface area contributed by atoms with Gasteiger partial charge in [-0.15, -0.1) is 5.10 Å². The van der Waals surface area contributed by atoms with Crippen molar-refractivity contribution in [3.63, 3.8) is 0 Å². The Balaban J connectivity index is 1.68. The lowest BCUT2D eigenvalue weighted by Gasteiger charge is -2.31. The first kappa shape index (κ1) is 15.7. The molecule has 0 bridgehead atoms. The Morgan fingerprint density at radius 3 is 3.09 bits per heavy atom. The molecule has 0 saturated carbocycles. The van der Waals surface area contributed by atoms with E-state index < -0.39 is 6.10 Å². The third-order valence-electron chi connectivity index (χ3n) is 4.25. The van der Waals surface area contributed by atoms with Gasteiger partial charge in [0.1, 0.15) is 24.7 Å². The number of aliphatic hydroxyl groups excluding tert-OH is 1. The predicted molar refractivity (Wildman–Crippen MR) is 80.1 cm³/mol. The van der Waals surface area contributed by atoms with E-state index >= 15 is 0 Å². The Bertz CT molecular complexity index is 599. The summed E-state index contributed by atoms with van der Waals surface area (Å²) < 4.78 is 6.69. The van der Waals surface area contributed by atoms with Gasteiger partial charge in [0, 0.05) is 19.0 Å². The Morgan fingerprint density at radius 2 is 2.35 bits per heavy atom. The number of amides is 1. The number of hydrogen-bond donors (Lipinski definition) is 1. The minimum Gasteiger partial charge on any atom is -0.467 e. The summed E-state index contributed by atoms with van der Waals surface area (Å²) in [4.78, 5) is 14.5. The van der Waals surface area contributed by atoms with Gasteiger partial charge in [0.25, 0.3) is 0 Å². The van der Waals surface area contributed by atoms with E-state index in [-0.39, 0.29) is 18.5 Å². The number of aliphatic hydroxyl groups is 1. The van der Waals surface area contributed by atoms with Gasteiger partial charge in [0.15, 0.2) is 0 Å². The summed E-state index contributed by atoms with van der Waals surface area (Å²) in [6.07, 6.45) is 6.79. The number of tetrazole rings is 1. The molecule has 2 unspecified atom stereocenters. The van der Waals surface area contributed by atoms with Gasteiger partial charge in [-0.1, -0.05) is 12.8 Å². The number of hydrogen-bond acceptors (Lipinski definition) is 6. The van der Waals surface area contributed by atoms with E-state index in [0.29, 0.717) is 18.7 Å². The van der Waals surface area contributed by atoms with E-state index in [4.69, 9.17) is 4.42 Å². The molecule has 3 rings (SSSR count). The summed E-state index contributed by atoms with van der Waals surface area (Å²) in [5, 5.41) is 21.2. The summed E-state index contributed by atoms with van der Waals surface area (Å²) >= 11 is 0. The molecule has 1 saturated heterocycles. The smallest absolute Gasteiger partial charge is 0.244 e. The quantitative estimate of drug-likeness (QED) is 0.888. The topological polar surface area (TPSA) is 97.3 Å². The van der Waals surface area contributed by atoms with Crippen molar-refractivity contribution in [1.29, 1.82) is 0 Å². The highest BCUT2D eigenvalue weighted by molar-refractivity contribution is 5.76. The fourth-order valence-corrected chi connectivity index (χ4v) is 3.09. The van der Waals surface area contributed by atoms with Crippen molar-refractivity contribution in [2.75, 3.05) is 6.54 Å². The average Bonchev–Trinajstić information content (AvgIpc) is 3.19. The molecule has 2 aromatic heterocycles. The van der Waals surface area contributed by atoms with E-state index in [0.717, 1.165) is 25.7 Å². The summed E-state index contributed by atoms with van der Waals surface area (Å²) in [7, 11) is 0. The van der Waals surface area contributed by atoms with Crippen LogP contribution in [0.2, 0.25) is 0 Å². The van der Waals surface area contributed by atoms with Crippen molar-refractivity contribution in [3.05, 3.63) is 30.5 Å². The first-order valence-electron chi connectivity index (χ1n) is 7.96. The number of likely N-dealkylation sites (tertiary alicyclic amines) is 1. The zero-order valence-corrected chi connectivity index (χ0v) is 12.9. The molecule has 2 aromatic rings. The van der Waals surface area contributed by atoms with E-state index in [1.165, 1.54) is 11.0 Å². The third kappa shape index (κ3) is 3.95. The highest BCUT2D eigenvalue weighted by Gasteiger charge is 2.28. The van der Waals surface area contributed by atoms with Crippen molar-refractivity contribution < 1.29 is 14.3 Å². The van der Waals surface area contributed by atoms with E-state index in [2.05, 4.69) is 15.5 Å². The first-order valence-corrected chi connectivity index (χ1v) is 7.96. The first-order chi connectivity index (χ1) is 11.2. The van der Waals surface area contributed by atoms with E-state index in [1.807, 2.05) is 4.90 Å².